The molecule has 6 rings (SSSR count). The summed E-state index contributed by atoms with van der Waals surface area (Å²) in [5.74, 6) is -0.616. The minimum Gasteiger partial charge on any atom is -0.445 e. The molecule has 0 aromatic heterocycles. The zero-order valence-electron chi connectivity index (χ0n) is 25.8. The first-order valence-electron chi connectivity index (χ1n) is 15.4. The number of nitrogens with one attached hydrogen (secondary N) is 1. The molecule has 3 amide bonds. The van der Waals surface area contributed by atoms with Gasteiger partial charge in [0.15, 0.2) is 0 Å². The molecule has 0 spiro atoms. The third-order valence-corrected chi connectivity index (χ3v) is 14.0. The van der Waals surface area contributed by atoms with E-state index in [1.54, 1.807) is 24.3 Å². The van der Waals surface area contributed by atoms with Crippen LogP contribution in [-0.2, 0) is 15.8 Å². The maximum absolute atomic E-state index is 13.5. The molecule has 0 saturated heterocycles. The summed E-state index contributed by atoms with van der Waals surface area (Å²) in [4.78, 5) is 41.7. The molecule has 3 unspecified atom stereocenters. The van der Waals surface area contributed by atoms with Crippen molar-refractivity contribution < 1.29 is 23.5 Å². The van der Waals surface area contributed by atoms with Crippen molar-refractivity contribution >= 4 is 36.6 Å². The van der Waals surface area contributed by atoms with Gasteiger partial charge in [0.25, 0.3) is 20.1 Å². The fourth-order valence-corrected chi connectivity index (χ4v) is 11.6. The SMILES string of the molecule is CC(C)(C)[Si](OC1CC(N2C(=O)c3ccccc3C2=O)CC1NC(=O)OCc1ccccc1)(c1ccccc1)c1ccccc1. The highest BCUT2D eigenvalue weighted by Crippen LogP contribution is 2.41. The number of alkyl carbamates (subject to hydrolysis) is 1. The van der Waals surface area contributed by atoms with Crippen LogP contribution in [0.15, 0.2) is 115 Å². The van der Waals surface area contributed by atoms with E-state index >= 15 is 0 Å². The van der Waals surface area contributed by atoms with E-state index in [4.69, 9.17) is 9.16 Å². The molecule has 3 atom stereocenters. The van der Waals surface area contributed by atoms with Crippen molar-refractivity contribution in [2.45, 2.75) is 63.4 Å². The number of fused-ring (bicyclic) bond motifs is 1. The van der Waals surface area contributed by atoms with Gasteiger partial charge >= 0.3 is 6.09 Å². The highest BCUT2D eigenvalue weighted by Gasteiger charge is 2.55. The van der Waals surface area contributed by atoms with Gasteiger partial charge in [-0.2, -0.15) is 0 Å². The van der Waals surface area contributed by atoms with Gasteiger partial charge in [0.2, 0.25) is 0 Å². The van der Waals surface area contributed by atoms with Crippen LogP contribution in [0, 0.1) is 0 Å². The van der Waals surface area contributed by atoms with Gasteiger partial charge in [0.05, 0.1) is 23.3 Å². The molecule has 8 heteroatoms. The first-order chi connectivity index (χ1) is 21.7. The molecule has 1 aliphatic carbocycles. The maximum Gasteiger partial charge on any atom is 0.407 e. The first-order valence-corrected chi connectivity index (χ1v) is 17.3. The van der Waals surface area contributed by atoms with Crippen LogP contribution in [0.1, 0.15) is 59.9 Å². The van der Waals surface area contributed by atoms with Crippen molar-refractivity contribution in [2.24, 2.45) is 0 Å². The summed E-state index contributed by atoms with van der Waals surface area (Å²) >= 11 is 0. The predicted octanol–water partition coefficient (Wildman–Crippen LogP) is 5.69. The fraction of sp³-hybridized carbons (Fsp3) is 0.270. The van der Waals surface area contributed by atoms with Crippen LogP contribution in [0.25, 0.3) is 0 Å². The number of amides is 3. The van der Waals surface area contributed by atoms with Crippen molar-refractivity contribution in [1.82, 2.24) is 10.2 Å². The average Bonchev–Trinajstić information content (AvgIpc) is 3.55. The van der Waals surface area contributed by atoms with Crippen LogP contribution in [0.4, 0.5) is 4.79 Å². The minimum absolute atomic E-state index is 0.126. The van der Waals surface area contributed by atoms with Gasteiger partial charge in [-0.15, -0.1) is 0 Å². The number of hydrogen-bond donors (Lipinski definition) is 1. The van der Waals surface area contributed by atoms with Gasteiger partial charge in [0.1, 0.15) is 6.61 Å². The van der Waals surface area contributed by atoms with Crippen LogP contribution >= 0.6 is 0 Å². The fourth-order valence-electron chi connectivity index (χ4n) is 6.84. The number of ether oxygens (including phenoxy) is 1. The highest BCUT2D eigenvalue weighted by atomic mass is 28.4. The van der Waals surface area contributed by atoms with Gasteiger partial charge in [0, 0.05) is 6.04 Å². The first kappa shape index (κ1) is 30.5. The summed E-state index contributed by atoms with van der Waals surface area (Å²) in [6.45, 7) is 6.73. The van der Waals surface area contributed by atoms with E-state index < -0.39 is 32.6 Å². The lowest BCUT2D eigenvalue weighted by Gasteiger charge is -2.45. The van der Waals surface area contributed by atoms with Gasteiger partial charge in [-0.3, -0.25) is 14.5 Å². The number of carbonyl (C=O) groups is 3. The lowest BCUT2D eigenvalue weighted by Crippen LogP contribution is -2.68. The van der Waals surface area contributed by atoms with Crippen LogP contribution < -0.4 is 15.7 Å². The smallest absolute Gasteiger partial charge is 0.407 e. The summed E-state index contributed by atoms with van der Waals surface area (Å²) in [5, 5.41) is 4.98. The molecule has 1 fully saturated rings. The summed E-state index contributed by atoms with van der Waals surface area (Å²) in [6.07, 6.45) is -0.313. The number of imide groups is 1. The Morgan fingerprint density at radius 2 is 1.24 bits per heavy atom. The number of rotatable bonds is 8. The Morgan fingerprint density at radius 3 is 1.76 bits per heavy atom. The molecule has 0 radical (unpaired) electrons. The third-order valence-electron chi connectivity index (χ3n) is 8.93. The van der Waals surface area contributed by atoms with Gasteiger partial charge in [-0.05, 0) is 45.9 Å². The van der Waals surface area contributed by atoms with Crippen LogP contribution in [0.3, 0.4) is 0 Å². The van der Waals surface area contributed by atoms with Crippen molar-refractivity contribution in [3.05, 3.63) is 132 Å². The summed E-state index contributed by atoms with van der Waals surface area (Å²) in [6, 6.07) is 36.1. The van der Waals surface area contributed by atoms with Gasteiger partial charge in [-0.25, -0.2) is 4.79 Å². The van der Waals surface area contributed by atoms with Crippen molar-refractivity contribution in [2.75, 3.05) is 0 Å². The quantitative estimate of drug-likeness (QED) is 0.203. The molecular weight excluding hydrogens is 581 g/mol. The summed E-state index contributed by atoms with van der Waals surface area (Å²) in [5.41, 5.74) is 1.69. The van der Waals surface area contributed by atoms with E-state index in [1.165, 1.54) is 4.90 Å². The monoisotopic (exact) mass is 618 g/mol. The van der Waals surface area contributed by atoms with E-state index in [2.05, 4.69) is 50.4 Å². The molecule has 2 aliphatic rings. The predicted molar refractivity (Wildman–Crippen MR) is 176 cm³/mol. The van der Waals surface area contributed by atoms with Crippen molar-refractivity contribution in [3.8, 4) is 0 Å². The molecule has 1 aliphatic heterocycles. The van der Waals surface area contributed by atoms with Gasteiger partial charge in [-0.1, -0.05) is 124 Å². The molecule has 4 aromatic carbocycles. The Morgan fingerprint density at radius 1 is 0.756 bits per heavy atom. The van der Waals surface area contributed by atoms with E-state index in [0.29, 0.717) is 24.0 Å². The molecular formula is C37H38N2O5Si. The van der Waals surface area contributed by atoms with E-state index in [1.807, 2.05) is 66.7 Å². The number of carbonyl (C=O) groups excluding carboxylic acids is 3. The van der Waals surface area contributed by atoms with Crippen LogP contribution in [0.2, 0.25) is 5.04 Å². The molecule has 45 heavy (non-hydrogen) atoms. The Kier molecular flexibility index (Phi) is 8.44. The second kappa shape index (κ2) is 12.5. The standard InChI is InChI=1S/C37H38N2O5Si/c1-37(2,3)45(28-17-9-5-10-18-28,29-19-11-6-12-20-29)44-33-24-27(39-34(40)30-21-13-14-22-31(30)35(39)41)23-32(33)38-36(42)43-25-26-15-7-4-8-16-26/h4-22,27,32-33H,23-25H2,1-3H3,(H,38,42). The maximum atomic E-state index is 13.5. The van der Waals surface area contributed by atoms with Crippen molar-refractivity contribution in [1.29, 1.82) is 0 Å². The summed E-state index contributed by atoms with van der Waals surface area (Å²) in [7, 11) is -3.03. The molecule has 1 saturated carbocycles. The molecule has 1 heterocycles. The highest BCUT2D eigenvalue weighted by molar-refractivity contribution is 6.99. The minimum atomic E-state index is -3.03. The van der Waals surface area contributed by atoms with Crippen LogP contribution in [0.5, 0.6) is 0 Å². The average molecular weight is 619 g/mol. The second-order valence-corrected chi connectivity index (χ2v) is 17.0. The van der Waals surface area contributed by atoms with E-state index in [9.17, 15) is 14.4 Å². The Balaban J connectivity index is 1.35. The Hall–Kier alpha value is -4.53. The lowest BCUT2D eigenvalue weighted by molar-refractivity contribution is 0.0577. The number of benzene rings is 4. The van der Waals surface area contributed by atoms with Crippen molar-refractivity contribution in [3.63, 3.8) is 0 Å². The van der Waals surface area contributed by atoms with Gasteiger partial charge < -0.3 is 14.5 Å². The molecule has 1 N–H and O–H groups in total. The zero-order chi connectivity index (χ0) is 31.6. The number of nitrogens with zero attached hydrogens (tertiary/aromatic N) is 1. The normalized spacial score (nSPS) is 19.8. The van der Waals surface area contributed by atoms with E-state index in [0.717, 1.165) is 15.9 Å². The second-order valence-electron chi connectivity index (χ2n) is 12.8. The molecule has 4 aromatic rings. The Labute approximate surface area is 265 Å². The molecule has 0 bridgehead atoms. The van der Waals surface area contributed by atoms with Crippen LogP contribution in [-0.4, -0.2) is 49.3 Å². The third kappa shape index (κ3) is 5.83. The molecule has 230 valence electrons. The van der Waals surface area contributed by atoms with E-state index in [-0.39, 0.29) is 23.5 Å². The largest absolute Gasteiger partial charge is 0.445 e. The Bertz CT molecular complexity index is 1600. The topological polar surface area (TPSA) is 84.9 Å². The zero-order valence-corrected chi connectivity index (χ0v) is 26.8. The molecule has 7 nitrogen and oxygen atoms in total. The number of hydrogen-bond acceptors (Lipinski definition) is 5. The summed E-state index contributed by atoms with van der Waals surface area (Å²) < 4.78 is 13.1. The lowest BCUT2D eigenvalue weighted by atomic mass is 10.1.